The van der Waals surface area contributed by atoms with Crippen LogP contribution in [0.2, 0.25) is 0 Å². The summed E-state index contributed by atoms with van der Waals surface area (Å²) in [5.74, 6) is -5.51. The number of nitrogens with one attached hydrogen (secondary N) is 1. The van der Waals surface area contributed by atoms with Crippen LogP contribution in [0.15, 0.2) is 84.0 Å². The van der Waals surface area contributed by atoms with E-state index in [4.69, 9.17) is 19.8 Å². The van der Waals surface area contributed by atoms with E-state index in [1.807, 2.05) is 60.8 Å². The third-order valence-corrected chi connectivity index (χ3v) is 7.19. The van der Waals surface area contributed by atoms with Gasteiger partial charge in [-0.05, 0) is 41.8 Å². The van der Waals surface area contributed by atoms with Gasteiger partial charge in [-0.15, -0.1) is 0 Å². The number of para-hydroxylation sites is 1. The topological polar surface area (TPSA) is 137 Å². The van der Waals surface area contributed by atoms with Gasteiger partial charge < -0.3 is 15.5 Å². The number of carboxylic acids is 2. The molecule has 4 rings (SSSR count). The second kappa shape index (κ2) is 13.9. The molecule has 0 aliphatic carbocycles. The molecule has 41 heavy (non-hydrogen) atoms. The van der Waals surface area contributed by atoms with Crippen molar-refractivity contribution in [3.05, 3.63) is 90.3 Å². The van der Waals surface area contributed by atoms with Gasteiger partial charge in [0.15, 0.2) is 0 Å². The second-order valence-corrected chi connectivity index (χ2v) is 9.97. The molecular formula is C25H23F6N3O6S. The Morgan fingerprint density at radius 2 is 1.41 bits per heavy atom. The van der Waals surface area contributed by atoms with E-state index in [1.54, 1.807) is 18.3 Å². The first-order valence-corrected chi connectivity index (χ1v) is 12.9. The Morgan fingerprint density at radius 1 is 0.878 bits per heavy atom. The molecule has 2 heterocycles. The van der Waals surface area contributed by atoms with Crippen molar-refractivity contribution in [1.29, 1.82) is 0 Å². The fraction of sp³-hybridized carbons (Fsp3) is 0.240. The highest BCUT2D eigenvalue weighted by atomic mass is 32.2. The Bertz CT molecular complexity index is 1380. The summed E-state index contributed by atoms with van der Waals surface area (Å²) in [5, 5.41) is 17.8. The minimum atomic E-state index is -5.08. The number of halogens is 6. The Hall–Kier alpha value is -4.18. The number of alkyl halides is 6. The number of anilines is 1. The fourth-order valence-corrected chi connectivity index (χ4v) is 5.20. The molecule has 0 spiro atoms. The summed E-state index contributed by atoms with van der Waals surface area (Å²) in [5.41, 5.74) is 2.59. The molecule has 222 valence electrons. The summed E-state index contributed by atoms with van der Waals surface area (Å²) in [6.45, 7) is 1.06. The average molecular weight is 608 g/mol. The first-order valence-electron chi connectivity index (χ1n) is 11.4. The Kier molecular flexibility index (Phi) is 11.2. The van der Waals surface area contributed by atoms with Crippen LogP contribution in [0.1, 0.15) is 23.6 Å². The van der Waals surface area contributed by atoms with E-state index in [0.29, 0.717) is 30.1 Å². The van der Waals surface area contributed by atoms with Gasteiger partial charge in [0.1, 0.15) is 0 Å². The number of carbonyl (C=O) groups is 2. The van der Waals surface area contributed by atoms with E-state index in [1.165, 1.54) is 4.31 Å². The van der Waals surface area contributed by atoms with Crippen LogP contribution in [0, 0.1) is 0 Å². The van der Waals surface area contributed by atoms with Gasteiger partial charge in [0.2, 0.25) is 0 Å². The van der Waals surface area contributed by atoms with Gasteiger partial charge in [-0.2, -0.15) is 26.3 Å². The molecule has 16 heteroatoms. The molecule has 9 nitrogen and oxygen atoms in total. The highest BCUT2D eigenvalue weighted by Gasteiger charge is 2.39. The monoisotopic (exact) mass is 607 g/mol. The van der Waals surface area contributed by atoms with Gasteiger partial charge in [0, 0.05) is 31.5 Å². The zero-order chi connectivity index (χ0) is 30.8. The van der Waals surface area contributed by atoms with Crippen LogP contribution in [0.4, 0.5) is 32.0 Å². The van der Waals surface area contributed by atoms with Crippen LogP contribution >= 0.6 is 0 Å². The summed E-state index contributed by atoms with van der Waals surface area (Å²) in [4.78, 5) is 22.3. The summed E-state index contributed by atoms with van der Waals surface area (Å²) in [7, 11) is -3.61. The molecule has 0 fully saturated rings. The molecular weight excluding hydrogens is 584 g/mol. The Labute approximate surface area is 230 Å². The zero-order valence-electron chi connectivity index (χ0n) is 20.8. The van der Waals surface area contributed by atoms with E-state index < -0.39 is 34.3 Å². The van der Waals surface area contributed by atoms with Crippen molar-refractivity contribution in [3.63, 3.8) is 0 Å². The van der Waals surface area contributed by atoms with E-state index in [0.717, 1.165) is 11.1 Å². The molecule has 0 saturated heterocycles. The predicted octanol–water partition coefficient (Wildman–Crippen LogP) is 4.78. The predicted molar refractivity (Wildman–Crippen MR) is 133 cm³/mol. The van der Waals surface area contributed by atoms with E-state index in [9.17, 15) is 34.8 Å². The maximum atomic E-state index is 13.3. The van der Waals surface area contributed by atoms with Crippen LogP contribution in [0.25, 0.3) is 0 Å². The highest BCUT2D eigenvalue weighted by Crippen LogP contribution is 2.34. The molecule has 0 amide bonds. The third kappa shape index (κ3) is 9.75. The number of nitrogens with zero attached hydrogens (tertiary/aromatic N) is 2. The number of aliphatic carboxylic acids is 2. The summed E-state index contributed by atoms with van der Waals surface area (Å²) >= 11 is 0. The molecule has 1 aliphatic rings. The first kappa shape index (κ1) is 33.0. The summed E-state index contributed by atoms with van der Waals surface area (Å²) in [6, 6.07) is 20.4. The van der Waals surface area contributed by atoms with Crippen molar-refractivity contribution < 1.29 is 54.6 Å². The molecule has 1 unspecified atom stereocenters. The van der Waals surface area contributed by atoms with Gasteiger partial charge in [-0.3, -0.25) is 9.29 Å². The van der Waals surface area contributed by atoms with Crippen LogP contribution in [0.3, 0.4) is 0 Å². The molecule has 3 aromatic rings. The van der Waals surface area contributed by atoms with Crippen molar-refractivity contribution >= 4 is 27.6 Å². The van der Waals surface area contributed by atoms with Gasteiger partial charge in [-0.1, -0.05) is 42.5 Å². The molecule has 0 saturated carbocycles. The van der Waals surface area contributed by atoms with E-state index in [2.05, 4.69) is 10.3 Å². The number of benzene rings is 2. The van der Waals surface area contributed by atoms with E-state index in [-0.39, 0.29) is 6.04 Å². The second-order valence-electron chi connectivity index (χ2n) is 8.14. The van der Waals surface area contributed by atoms with Crippen LogP contribution in [-0.4, -0.2) is 54.5 Å². The van der Waals surface area contributed by atoms with Crippen LogP contribution in [0.5, 0.6) is 0 Å². The lowest BCUT2D eigenvalue weighted by atomic mass is 10.0. The number of pyridine rings is 1. The number of carboxylic acid groups (broad SMARTS) is 2. The molecule has 0 radical (unpaired) electrons. The fourth-order valence-electron chi connectivity index (χ4n) is 3.46. The number of fused-ring (bicyclic) bond motifs is 1. The Balaban J connectivity index is 0.000000349. The number of rotatable bonds is 4. The molecule has 1 aliphatic heterocycles. The molecule has 3 N–H and O–H groups in total. The van der Waals surface area contributed by atoms with Crippen molar-refractivity contribution in [1.82, 2.24) is 10.3 Å². The standard InChI is InChI=1S/C21H21N3O2S.2C2HF3O2/c25-27(26)21-11-5-4-10-19(21)20(23-16-17-7-6-13-22-15-17)12-14-24(27)18-8-2-1-3-9-18;2*3-2(4,5)1(6)7/h1-11,13,15,20,23H,12,14,16H2;2*(H,6,7). The third-order valence-electron chi connectivity index (χ3n) is 5.29. The lowest BCUT2D eigenvalue weighted by Crippen LogP contribution is -2.31. The minimum absolute atomic E-state index is 0.0510. The van der Waals surface area contributed by atoms with Gasteiger partial charge >= 0.3 is 24.3 Å². The van der Waals surface area contributed by atoms with E-state index >= 15 is 0 Å². The van der Waals surface area contributed by atoms with Crippen LogP contribution < -0.4 is 9.62 Å². The lowest BCUT2D eigenvalue weighted by molar-refractivity contribution is -0.193. The maximum Gasteiger partial charge on any atom is 0.490 e. The SMILES string of the molecule is O=C(O)C(F)(F)F.O=C(O)C(F)(F)F.O=S1(=O)c2ccccc2C(NCc2cccnc2)CCN1c1ccccc1. The average Bonchev–Trinajstić information content (AvgIpc) is 3.02. The first-order chi connectivity index (χ1) is 19.0. The molecule has 1 aromatic heterocycles. The van der Waals surface area contributed by atoms with Crippen molar-refractivity contribution in [2.24, 2.45) is 0 Å². The normalized spacial score (nSPS) is 16.0. The molecule has 0 bridgehead atoms. The maximum absolute atomic E-state index is 13.3. The van der Waals surface area contributed by atoms with Crippen molar-refractivity contribution in [2.75, 3.05) is 10.8 Å². The number of hydrogen-bond acceptors (Lipinski definition) is 6. The Morgan fingerprint density at radius 3 is 1.93 bits per heavy atom. The summed E-state index contributed by atoms with van der Waals surface area (Å²) in [6.07, 6.45) is -5.91. The number of hydrogen-bond donors (Lipinski definition) is 3. The van der Waals surface area contributed by atoms with Crippen LogP contribution in [-0.2, 0) is 26.2 Å². The molecule has 2 aromatic carbocycles. The van der Waals surface area contributed by atoms with Crippen molar-refractivity contribution in [2.45, 2.75) is 36.3 Å². The smallest absolute Gasteiger partial charge is 0.475 e. The number of aromatic nitrogens is 1. The largest absolute Gasteiger partial charge is 0.490 e. The minimum Gasteiger partial charge on any atom is -0.475 e. The van der Waals surface area contributed by atoms with Crippen molar-refractivity contribution in [3.8, 4) is 0 Å². The van der Waals surface area contributed by atoms with Gasteiger partial charge in [-0.25, -0.2) is 18.0 Å². The van der Waals surface area contributed by atoms with Gasteiger partial charge in [0.05, 0.1) is 10.6 Å². The van der Waals surface area contributed by atoms with Gasteiger partial charge in [0.25, 0.3) is 10.0 Å². The molecule has 1 atom stereocenters. The quantitative estimate of drug-likeness (QED) is 0.361. The number of sulfonamides is 1. The summed E-state index contributed by atoms with van der Waals surface area (Å²) < 4.78 is 91.6. The lowest BCUT2D eigenvalue weighted by Gasteiger charge is -2.22. The highest BCUT2D eigenvalue weighted by molar-refractivity contribution is 7.92. The zero-order valence-corrected chi connectivity index (χ0v) is 21.6.